The second kappa shape index (κ2) is 8.34. The predicted octanol–water partition coefficient (Wildman–Crippen LogP) is 2.37. The standard InChI is InChI=1S/C18H15BN5O2S/c1-19-24-6-5-14(10-24)17(26)21-9-16(25)23-18-22-15(11-27-18)13-4-2-3-12(7-13)8-20/h2-7,10-11H,9H2,1H3,(H,21,26)(H,22,23,25). The molecule has 2 amide bonds. The SMILES string of the molecule is C[B]n1ccc(C(=O)NCC(=O)Nc2nc(-c3cccc(C#N)c3)cs2)c1. The average Bonchev–Trinajstić information content (AvgIpc) is 3.35. The third-order valence-corrected chi connectivity index (χ3v) is 4.48. The van der Waals surface area contributed by atoms with Gasteiger partial charge in [0.15, 0.2) is 5.13 Å². The molecular formula is C18H15BN5O2S. The Kier molecular flexibility index (Phi) is 5.69. The van der Waals surface area contributed by atoms with Crippen LogP contribution in [0.1, 0.15) is 15.9 Å². The Labute approximate surface area is 160 Å². The van der Waals surface area contributed by atoms with Crippen molar-refractivity contribution in [1.82, 2.24) is 14.8 Å². The molecule has 0 saturated carbocycles. The lowest BCUT2D eigenvalue weighted by Gasteiger charge is -2.04. The number of nitriles is 1. The number of amides is 2. The lowest BCUT2D eigenvalue weighted by Crippen LogP contribution is -2.32. The minimum Gasteiger partial charge on any atom is -0.402 e. The fraction of sp³-hybridized carbons (Fsp3) is 0.111. The summed E-state index contributed by atoms with van der Waals surface area (Å²) >= 11 is 1.28. The van der Waals surface area contributed by atoms with Crippen LogP contribution in [0.2, 0.25) is 6.82 Å². The van der Waals surface area contributed by atoms with Gasteiger partial charge in [0.2, 0.25) is 13.3 Å². The molecule has 9 heteroatoms. The summed E-state index contributed by atoms with van der Waals surface area (Å²) in [5, 5.41) is 16.4. The van der Waals surface area contributed by atoms with Gasteiger partial charge in [-0.05, 0) is 24.4 Å². The zero-order valence-electron chi connectivity index (χ0n) is 14.5. The number of nitrogens with zero attached hydrogens (tertiary/aromatic N) is 3. The van der Waals surface area contributed by atoms with E-state index in [1.165, 1.54) is 11.3 Å². The summed E-state index contributed by atoms with van der Waals surface area (Å²) < 4.78 is 1.76. The van der Waals surface area contributed by atoms with E-state index in [9.17, 15) is 9.59 Å². The number of hydrogen-bond acceptors (Lipinski definition) is 5. The molecule has 0 fully saturated rings. The Morgan fingerprint density at radius 3 is 2.96 bits per heavy atom. The lowest BCUT2D eigenvalue weighted by molar-refractivity contribution is -0.115. The molecule has 3 aromatic rings. The van der Waals surface area contributed by atoms with Crippen LogP contribution in [0.3, 0.4) is 0 Å². The molecule has 0 aliphatic carbocycles. The van der Waals surface area contributed by atoms with E-state index in [1.807, 2.05) is 20.3 Å². The molecule has 0 atom stereocenters. The monoisotopic (exact) mass is 376 g/mol. The van der Waals surface area contributed by atoms with E-state index in [1.54, 1.807) is 46.5 Å². The summed E-state index contributed by atoms with van der Waals surface area (Å²) in [5.74, 6) is -0.685. The number of hydrogen-bond donors (Lipinski definition) is 2. The van der Waals surface area contributed by atoms with Gasteiger partial charge in [-0.15, -0.1) is 11.3 Å². The summed E-state index contributed by atoms with van der Waals surface area (Å²) in [6.07, 6.45) is 3.43. The van der Waals surface area contributed by atoms with Crippen LogP contribution in [0.5, 0.6) is 0 Å². The van der Waals surface area contributed by atoms with Crippen LogP contribution in [0, 0.1) is 11.3 Å². The molecule has 2 N–H and O–H groups in total. The van der Waals surface area contributed by atoms with Gasteiger partial charge < -0.3 is 15.1 Å². The van der Waals surface area contributed by atoms with Crippen molar-refractivity contribution in [1.29, 1.82) is 5.26 Å². The van der Waals surface area contributed by atoms with Crippen molar-refractivity contribution < 1.29 is 9.59 Å². The quantitative estimate of drug-likeness (QED) is 0.645. The van der Waals surface area contributed by atoms with Gasteiger partial charge in [0.25, 0.3) is 5.91 Å². The minimum absolute atomic E-state index is 0.154. The van der Waals surface area contributed by atoms with Crippen molar-refractivity contribution in [2.45, 2.75) is 6.82 Å². The summed E-state index contributed by atoms with van der Waals surface area (Å²) in [6.45, 7) is 1.70. The maximum Gasteiger partial charge on any atom is 0.253 e. The Hall–Kier alpha value is -3.38. The Bertz CT molecular complexity index is 1020. The largest absolute Gasteiger partial charge is 0.402 e. The minimum atomic E-state index is -0.364. The molecule has 1 aromatic carbocycles. The van der Waals surface area contributed by atoms with Crippen molar-refractivity contribution in [3.8, 4) is 17.3 Å². The van der Waals surface area contributed by atoms with E-state index in [-0.39, 0.29) is 18.4 Å². The van der Waals surface area contributed by atoms with Gasteiger partial charge >= 0.3 is 0 Å². The number of carbonyl (C=O) groups is 2. The van der Waals surface area contributed by atoms with E-state index in [2.05, 4.69) is 21.7 Å². The molecule has 133 valence electrons. The van der Waals surface area contributed by atoms with E-state index in [4.69, 9.17) is 5.26 Å². The summed E-state index contributed by atoms with van der Waals surface area (Å²) in [6, 6.07) is 10.8. The number of benzene rings is 1. The third-order valence-electron chi connectivity index (χ3n) is 3.72. The van der Waals surface area contributed by atoms with Gasteiger partial charge in [-0.1, -0.05) is 19.0 Å². The molecule has 7 nitrogen and oxygen atoms in total. The molecule has 27 heavy (non-hydrogen) atoms. The molecule has 3 rings (SSSR count). The van der Waals surface area contributed by atoms with Crippen molar-refractivity contribution >= 4 is 35.7 Å². The van der Waals surface area contributed by atoms with Crippen molar-refractivity contribution in [3.63, 3.8) is 0 Å². The number of carbonyl (C=O) groups excluding carboxylic acids is 2. The smallest absolute Gasteiger partial charge is 0.253 e. The molecule has 1 radical (unpaired) electrons. The second-order valence-electron chi connectivity index (χ2n) is 5.57. The molecule has 0 aliphatic rings. The van der Waals surface area contributed by atoms with Crippen LogP contribution < -0.4 is 10.6 Å². The van der Waals surface area contributed by atoms with E-state index in [0.717, 1.165) is 5.56 Å². The maximum atomic E-state index is 12.0. The predicted molar refractivity (Wildman–Crippen MR) is 105 cm³/mol. The molecule has 0 saturated heterocycles. The molecule has 0 spiro atoms. The molecule has 2 heterocycles. The number of thiazole rings is 1. The number of aromatic nitrogens is 2. The van der Waals surface area contributed by atoms with Gasteiger partial charge in [-0.25, -0.2) is 4.98 Å². The molecule has 0 bridgehead atoms. The van der Waals surface area contributed by atoms with Crippen molar-refractivity contribution in [3.05, 3.63) is 59.2 Å². The summed E-state index contributed by atoms with van der Waals surface area (Å²) in [7, 11) is 1.82. The van der Waals surface area contributed by atoms with E-state index < -0.39 is 0 Å². The highest BCUT2D eigenvalue weighted by Gasteiger charge is 2.11. The van der Waals surface area contributed by atoms with Crippen LogP contribution in [0.4, 0.5) is 5.13 Å². The highest BCUT2D eigenvalue weighted by molar-refractivity contribution is 7.14. The zero-order chi connectivity index (χ0) is 19.2. The first-order valence-corrected chi connectivity index (χ1v) is 8.98. The van der Waals surface area contributed by atoms with Crippen LogP contribution in [0.15, 0.2) is 48.1 Å². The highest BCUT2D eigenvalue weighted by atomic mass is 32.1. The van der Waals surface area contributed by atoms with Crippen LogP contribution in [-0.4, -0.2) is 35.2 Å². The molecule has 0 unspecified atom stereocenters. The molecule has 0 aliphatic heterocycles. The maximum absolute atomic E-state index is 12.0. The van der Waals surface area contributed by atoms with Gasteiger partial charge in [0, 0.05) is 17.1 Å². The fourth-order valence-electron chi connectivity index (χ4n) is 2.35. The first kappa shape index (κ1) is 18.4. The van der Waals surface area contributed by atoms with Crippen molar-refractivity contribution in [2.75, 3.05) is 11.9 Å². The normalized spacial score (nSPS) is 10.1. The first-order chi connectivity index (χ1) is 13.1. The molecule has 2 aromatic heterocycles. The van der Waals surface area contributed by atoms with Gasteiger partial charge in [0.1, 0.15) is 0 Å². The topological polar surface area (TPSA) is 99.8 Å². The Morgan fingerprint density at radius 1 is 1.37 bits per heavy atom. The van der Waals surface area contributed by atoms with Gasteiger partial charge in [-0.2, -0.15) is 5.26 Å². The highest BCUT2D eigenvalue weighted by Crippen LogP contribution is 2.25. The molecular weight excluding hydrogens is 361 g/mol. The van der Waals surface area contributed by atoms with Gasteiger partial charge in [0.05, 0.1) is 29.4 Å². The van der Waals surface area contributed by atoms with E-state index in [0.29, 0.717) is 22.0 Å². The average molecular weight is 376 g/mol. The third kappa shape index (κ3) is 4.62. The van der Waals surface area contributed by atoms with E-state index >= 15 is 0 Å². The van der Waals surface area contributed by atoms with Gasteiger partial charge in [-0.3, -0.25) is 9.59 Å². The fourth-order valence-corrected chi connectivity index (χ4v) is 3.08. The van der Waals surface area contributed by atoms with Crippen LogP contribution in [0.25, 0.3) is 11.3 Å². The van der Waals surface area contributed by atoms with Crippen LogP contribution >= 0.6 is 11.3 Å². The van der Waals surface area contributed by atoms with Crippen molar-refractivity contribution in [2.24, 2.45) is 0 Å². The Balaban J connectivity index is 1.56. The summed E-state index contributed by atoms with van der Waals surface area (Å²) in [5.41, 5.74) is 2.50. The van der Waals surface area contributed by atoms with Crippen LogP contribution in [-0.2, 0) is 4.79 Å². The number of nitrogens with one attached hydrogen (secondary N) is 2. The zero-order valence-corrected chi connectivity index (χ0v) is 15.3. The number of anilines is 1. The summed E-state index contributed by atoms with van der Waals surface area (Å²) in [4.78, 5) is 28.4. The lowest BCUT2D eigenvalue weighted by atomic mass is 10.0. The second-order valence-corrected chi connectivity index (χ2v) is 6.43. The first-order valence-electron chi connectivity index (χ1n) is 8.10. The Morgan fingerprint density at radius 2 is 2.22 bits per heavy atom. The number of rotatable bonds is 6.